The summed E-state index contributed by atoms with van der Waals surface area (Å²) in [6.45, 7) is 2.29. The molecule has 1 saturated heterocycles. The maximum Gasteiger partial charge on any atom is 0.152 e. The molecule has 3 atom stereocenters. The van der Waals surface area contributed by atoms with E-state index in [0.717, 1.165) is 31.1 Å². The van der Waals surface area contributed by atoms with E-state index in [1.807, 2.05) is 0 Å². The van der Waals surface area contributed by atoms with Crippen LogP contribution in [0.15, 0.2) is 0 Å². The average Bonchev–Trinajstić information content (AvgIpc) is 2.54. The maximum atomic E-state index is 12.8. The van der Waals surface area contributed by atoms with Gasteiger partial charge in [-0.15, -0.1) is 0 Å². The molecule has 3 aliphatic rings. The number of piperidine rings is 1. The molecule has 1 heterocycles. The van der Waals surface area contributed by atoms with E-state index < -0.39 is 0 Å². The first-order valence-electron chi connectivity index (χ1n) is 9.07. The molecule has 20 heavy (non-hydrogen) atoms. The molecule has 1 N–H and O–H groups in total. The lowest BCUT2D eigenvalue weighted by Gasteiger charge is -2.41. The molecule has 1 aliphatic heterocycles. The highest BCUT2D eigenvalue weighted by atomic mass is 16.1. The number of fused-ring (bicyclic) bond motifs is 1. The molecule has 0 amide bonds. The van der Waals surface area contributed by atoms with Crippen LogP contribution in [0.1, 0.15) is 77.6 Å². The summed E-state index contributed by atoms with van der Waals surface area (Å²) in [6, 6.07) is 0.843. The SMILES string of the molecule is CCC1CCC(C(=O)C2CCC3CCCCC3N2)CC1. The molecule has 3 rings (SSSR count). The Balaban J connectivity index is 1.52. The molecule has 0 bridgehead atoms. The van der Waals surface area contributed by atoms with Crippen molar-refractivity contribution in [3.8, 4) is 0 Å². The van der Waals surface area contributed by atoms with Crippen LogP contribution in [0, 0.1) is 17.8 Å². The van der Waals surface area contributed by atoms with E-state index in [9.17, 15) is 4.79 Å². The zero-order valence-corrected chi connectivity index (χ0v) is 13.1. The zero-order valence-electron chi connectivity index (χ0n) is 13.1. The molecule has 2 heteroatoms. The highest BCUT2D eigenvalue weighted by Gasteiger charge is 2.37. The minimum atomic E-state index is 0.192. The van der Waals surface area contributed by atoms with Gasteiger partial charge in [0.1, 0.15) is 0 Å². The molecule has 0 aromatic heterocycles. The van der Waals surface area contributed by atoms with Gasteiger partial charge in [-0.3, -0.25) is 4.79 Å². The monoisotopic (exact) mass is 277 g/mol. The van der Waals surface area contributed by atoms with Crippen molar-refractivity contribution >= 4 is 5.78 Å². The quantitative estimate of drug-likeness (QED) is 0.842. The first-order chi connectivity index (χ1) is 9.78. The number of ketones is 1. The molecule has 0 spiro atoms. The van der Waals surface area contributed by atoms with Crippen LogP contribution in [0.2, 0.25) is 0 Å². The normalized spacial score (nSPS) is 42.0. The van der Waals surface area contributed by atoms with Crippen molar-refractivity contribution in [2.75, 3.05) is 0 Å². The molecular weight excluding hydrogens is 246 g/mol. The Hall–Kier alpha value is -0.370. The number of carbonyl (C=O) groups is 1. The fourth-order valence-electron chi connectivity index (χ4n) is 4.86. The molecule has 3 unspecified atom stereocenters. The second kappa shape index (κ2) is 6.60. The van der Waals surface area contributed by atoms with Gasteiger partial charge in [-0.05, 0) is 63.2 Å². The highest BCUT2D eigenvalue weighted by molar-refractivity contribution is 5.86. The first-order valence-corrected chi connectivity index (χ1v) is 9.07. The van der Waals surface area contributed by atoms with Crippen LogP contribution in [0.3, 0.4) is 0 Å². The second-order valence-corrected chi connectivity index (χ2v) is 7.48. The Morgan fingerprint density at radius 3 is 2.45 bits per heavy atom. The van der Waals surface area contributed by atoms with Gasteiger partial charge in [-0.25, -0.2) is 0 Å². The number of hydrogen-bond donors (Lipinski definition) is 1. The Labute approximate surface area is 124 Å². The molecule has 114 valence electrons. The zero-order chi connectivity index (χ0) is 13.9. The number of hydrogen-bond acceptors (Lipinski definition) is 2. The van der Waals surface area contributed by atoms with Crippen molar-refractivity contribution in [2.24, 2.45) is 17.8 Å². The molecule has 0 aromatic carbocycles. The third-order valence-corrected chi connectivity index (χ3v) is 6.32. The largest absolute Gasteiger partial charge is 0.304 e. The maximum absolute atomic E-state index is 12.8. The Morgan fingerprint density at radius 1 is 0.950 bits per heavy atom. The molecule has 2 aliphatic carbocycles. The summed E-state index contributed by atoms with van der Waals surface area (Å²) in [6.07, 6.45) is 14.0. The Bertz CT molecular complexity index is 332. The van der Waals surface area contributed by atoms with Crippen molar-refractivity contribution in [1.82, 2.24) is 5.32 Å². The molecule has 2 saturated carbocycles. The van der Waals surface area contributed by atoms with E-state index in [1.165, 1.54) is 51.4 Å². The van der Waals surface area contributed by atoms with Crippen LogP contribution < -0.4 is 5.32 Å². The molecule has 0 radical (unpaired) electrons. The van der Waals surface area contributed by atoms with Gasteiger partial charge in [0.15, 0.2) is 5.78 Å². The Morgan fingerprint density at radius 2 is 1.70 bits per heavy atom. The molecule has 3 fully saturated rings. The number of carbonyl (C=O) groups excluding carboxylic acids is 1. The van der Waals surface area contributed by atoms with E-state index in [-0.39, 0.29) is 6.04 Å². The number of nitrogens with one attached hydrogen (secondary N) is 1. The third kappa shape index (κ3) is 3.10. The number of Topliss-reactive ketones (excluding diaryl/α,β-unsaturated/α-hetero) is 1. The van der Waals surface area contributed by atoms with E-state index in [0.29, 0.717) is 17.7 Å². The van der Waals surface area contributed by atoms with Gasteiger partial charge in [0.25, 0.3) is 0 Å². The number of rotatable bonds is 3. The van der Waals surface area contributed by atoms with Crippen molar-refractivity contribution in [3.05, 3.63) is 0 Å². The van der Waals surface area contributed by atoms with E-state index >= 15 is 0 Å². The topological polar surface area (TPSA) is 29.1 Å². The van der Waals surface area contributed by atoms with Crippen LogP contribution in [-0.2, 0) is 4.79 Å². The smallest absolute Gasteiger partial charge is 0.152 e. The van der Waals surface area contributed by atoms with Crippen LogP contribution >= 0.6 is 0 Å². The highest BCUT2D eigenvalue weighted by Crippen LogP contribution is 2.36. The van der Waals surface area contributed by atoms with Gasteiger partial charge < -0.3 is 5.32 Å². The summed E-state index contributed by atoms with van der Waals surface area (Å²) in [5, 5.41) is 3.73. The fourth-order valence-corrected chi connectivity index (χ4v) is 4.86. The lowest BCUT2D eigenvalue weighted by atomic mass is 9.73. The van der Waals surface area contributed by atoms with Gasteiger partial charge in [-0.1, -0.05) is 26.2 Å². The summed E-state index contributed by atoms with van der Waals surface area (Å²) < 4.78 is 0. The van der Waals surface area contributed by atoms with Crippen molar-refractivity contribution in [1.29, 1.82) is 0 Å². The summed E-state index contributed by atoms with van der Waals surface area (Å²) in [4.78, 5) is 12.8. The summed E-state index contributed by atoms with van der Waals surface area (Å²) in [5.41, 5.74) is 0. The van der Waals surface area contributed by atoms with Crippen molar-refractivity contribution < 1.29 is 4.79 Å². The van der Waals surface area contributed by atoms with E-state index in [1.54, 1.807) is 0 Å². The van der Waals surface area contributed by atoms with Gasteiger partial charge in [0, 0.05) is 12.0 Å². The van der Waals surface area contributed by atoms with Gasteiger partial charge in [0.2, 0.25) is 0 Å². The summed E-state index contributed by atoms with van der Waals surface area (Å²) in [5.74, 6) is 2.68. The summed E-state index contributed by atoms with van der Waals surface area (Å²) in [7, 11) is 0. The van der Waals surface area contributed by atoms with E-state index in [4.69, 9.17) is 0 Å². The van der Waals surface area contributed by atoms with Crippen molar-refractivity contribution in [2.45, 2.75) is 89.6 Å². The van der Waals surface area contributed by atoms with Crippen LogP contribution in [0.4, 0.5) is 0 Å². The van der Waals surface area contributed by atoms with Gasteiger partial charge in [0.05, 0.1) is 6.04 Å². The molecule has 2 nitrogen and oxygen atoms in total. The third-order valence-electron chi connectivity index (χ3n) is 6.32. The Kier molecular flexibility index (Phi) is 4.80. The summed E-state index contributed by atoms with van der Waals surface area (Å²) >= 11 is 0. The molecule has 0 aromatic rings. The first kappa shape index (κ1) is 14.6. The van der Waals surface area contributed by atoms with Crippen LogP contribution in [0.25, 0.3) is 0 Å². The predicted molar refractivity (Wildman–Crippen MR) is 82.6 cm³/mol. The van der Waals surface area contributed by atoms with E-state index in [2.05, 4.69) is 12.2 Å². The second-order valence-electron chi connectivity index (χ2n) is 7.48. The fraction of sp³-hybridized carbons (Fsp3) is 0.944. The van der Waals surface area contributed by atoms with Crippen LogP contribution in [0.5, 0.6) is 0 Å². The lowest BCUT2D eigenvalue weighted by molar-refractivity contribution is -0.127. The average molecular weight is 277 g/mol. The van der Waals surface area contributed by atoms with Gasteiger partial charge >= 0.3 is 0 Å². The van der Waals surface area contributed by atoms with Crippen molar-refractivity contribution in [3.63, 3.8) is 0 Å². The molecular formula is C18H31NO. The lowest BCUT2D eigenvalue weighted by Crippen LogP contribution is -2.53. The van der Waals surface area contributed by atoms with Gasteiger partial charge in [-0.2, -0.15) is 0 Å². The van der Waals surface area contributed by atoms with Crippen LogP contribution in [-0.4, -0.2) is 17.9 Å². The minimum Gasteiger partial charge on any atom is -0.304 e. The minimum absolute atomic E-state index is 0.192. The standard InChI is InChI=1S/C18H31NO/c1-2-13-7-9-15(10-8-13)18(20)17-12-11-14-5-3-4-6-16(14)19-17/h13-17,19H,2-12H2,1H3. The predicted octanol–water partition coefficient (Wildman–Crippen LogP) is 4.08.